The number of hydrogen-bond donors (Lipinski definition) is 1. The predicted octanol–water partition coefficient (Wildman–Crippen LogP) is -0.341. The molecule has 1 aromatic heterocycles. The molecule has 0 radical (unpaired) electrons. The second kappa shape index (κ2) is 4.89. The van der Waals surface area contributed by atoms with Gasteiger partial charge in [0.2, 0.25) is 0 Å². The molecule has 1 aromatic rings. The maximum Gasteiger partial charge on any atom is 0.252 e. The van der Waals surface area contributed by atoms with Crippen LogP contribution in [0.25, 0.3) is 0 Å². The van der Waals surface area contributed by atoms with Gasteiger partial charge in [0.1, 0.15) is 4.21 Å². The molecule has 1 fully saturated rings. The van der Waals surface area contributed by atoms with E-state index in [-0.39, 0.29) is 35.4 Å². The fourth-order valence-corrected chi connectivity index (χ4v) is 5.89. The molecule has 1 saturated heterocycles. The molecule has 0 atom stereocenters. The first-order chi connectivity index (χ1) is 8.35. The van der Waals surface area contributed by atoms with Crippen molar-refractivity contribution in [3.63, 3.8) is 0 Å². The van der Waals surface area contributed by atoms with Crippen LogP contribution in [-0.4, -0.2) is 50.8 Å². The van der Waals surface area contributed by atoms with Crippen molar-refractivity contribution in [2.45, 2.75) is 10.8 Å². The van der Waals surface area contributed by atoms with E-state index in [9.17, 15) is 16.8 Å². The third-order valence-corrected chi connectivity index (χ3v) is 7.74. The highest BCUT2D eigenvalue weighted by molar-refractivity contribution is 7.92. The number of sulfonamides is 1. The second-order valence-corrected chi connectivity index (χ2v) is 9.57. The number of aliphatic hydroxyl groups is 1. The standard InChI is InChI=1S/C9H13NO5S3/c11-7-8-1-2-9(16-8)18(14,15)10-3-5-17(12,13)6-4-10/h1-2,11H,3-7H2. The van der Waals surface area contributed by atoms with Gasteiger partial charge >= 0.3 is 0 Å². The lowest BCUT2D eigenvalue weighted by Gasteiger charge is -2.25. The number of nitrogens with zero attached hydrogens (tertiary/aromatic N) is 1. The number of hydrogen-bond acceptors (Lipinski definition) is 6. The molecular weight excluding hydrogens is 298 g/mol. The Balaban J connectivity index is 2.22. The zero-order chi connectivity index (χ0) is 13.4. The zero-order valence-electron chi connectivity index (χ0n) is 9.44. The van der Waals surface area contributed by atoms with Crippen LogP contribution < -0.4 is 0 Å². The van der Waals surface area contributed by atoms with Gasteiger partial charge in [0.15, 0.2) is 9.84 Å². The Labute approximate surface area is 110 Å². The Bertz CT molecular complexity index is 617. The summed E-state index contributed by atoms with van der Waals surface area (Å²) in [6.45, 7) is -0.206. The van der Waals surface area contributed by atoms with Crippen molar-refractivity contribution in [2.75, 3.05) is 24.6 Å². The minimum atomic E-state index is -3.63. The molecule has 0 amide bonds. The summed E-state index contributed by atoms with van der Waals surface area (Å²) in [7, 11) is -6.73. The first-order valence-corrected chi connectivity index (χ1v) is 9.33. The molecule has 18 heavy (non-hydrogen) atoms. The SMILES string of the molecule is O=S1(=O)CCN(S(=O)(=O)c2ccc(CO)s2)CC1. The smallest absolute Gasteiger partial charge is 0.252 e. The molecule has 0 aliphatic carbocycles. The van der Waals surface area contributed by atoms with Crippen LogP contribution in [0.3, 0.4) is 0 Å². The third-order valence-electron chi connectivity index (χ3n) is 2.69. The molecule has 6 nitrogen and oxygen atoms in total. The van der Waals surface area contributed by atoms with E-state index >= 15 is 0 Å². The highest BCUT2D eigenvalue weighted by Crippen LogP contribution is 2.25. The summed E-state index contributed by atoms with van der Waals surface area (Å²) in [4.78, 5) is 0.568. The molecule has 2 rings (SSSR count). The van der Waals surface area contributed by atoms with Gasteiger partial charge in [-0.15, -0.1) is 11.3 Å². The van der Waals surface area contributed by atoms with Gasteiger partial charge in [0, 0.05) is 18.0 Å². The van der Waals surface area contributed by atoms with E-state index in [1.165, 1.54) is 10.4 Å². The summed E-state index contributed by atoms with van der Waals surface area (Å²) in [5.74, 6) is -0.269. The Morgan fingerprint density at radius 1 is 1.28 bits per heavy atom. The third kappa shape index (κ3) is 2.75. The Hall–Kier alpha value is -0.480. The highest BCUT2D eigenvalue weighted by Gasteiger charge is 2.31. The number of aliphatic hydroxyl groups excluding tert-OH is 1. The van der Waals surface area contributed by atoms with Crippen LogP contribution >= 0.6 is 11.3 Å². The molecule has 1 aliphatic rings. The molecule has 0 unspecified atom stereocenters. The summed E-state index contributed by atoms with van der Waals surface area (Å²) in [5, 5.41) is 8.92. The van der Waals surface area contributed by atoms with E-state index in [0.717, 1.165) is 11.3 Å². The fourth-order valence-electron chi connectivity index (χ4n) is 1.65. The van der Waals surface area contributed by atoms with E-state index in [2.05, 4.69) is 0 Å². The van der Waals surface area contributed by atoms with Crippen LogP contribution in [0.4, 0.5) is 0 Å². The van der Waals surface area contributed by atoms with Gasteiger partial charge in [-0.3, -0.25) is 0 Å². The van der Waals surface area contributed by atoms with Gasteiger partial charge in [-0.1, -0.05) is 0 Å². The Morgan fingerprint density at radius 3 is 2.39 bits per heavy atom. The van der Waals surface area contributed by atoms with Gasteiger partial charge in [0.05, 0.1) is 18.1 Å². The highest BCUT2D eigenvalue weighted by atomic mass is 32.2. The zero-order valence-corrected chi connectivity index (χ0v) is 11.9. The lowest BCUT2D eigenvalue weighted by atomic mass is 10.5. The molecule has 1 aliphatic heterocycles. The first-order valence-electron chi connectivity index (χ1n) is 5.25. The van der Waals surface area contributed by atoms with Crippen molar-refractivity contribution >= 4 is 31.2 Å². The quantitative estimate of drug-likeness (QED) is 0.824. The van der Waals surface area contributed by atoms with Crippen LogP contribution in [0.15, 0.2) is 16.3 Å². The van der Waals surface area contributed by atoms with E-state index < -0.39 is 19.9 Å². The maximum absolute atomic E-state index is 12.2. The van der Waals surface area contributed by atoms with Crippen molar-refractivity contribution in [1.29, 1.82) is 0 Å². The van der Waals surface area contributed by atoms with Crippen LogP contribution in [0.2, 0.25) is 0 Å². The van der Waals surface area contributed by atoms with Crippen LogP contribution in [-0.2, 0) is 26.5 Å². The molecule has 2 heterocycles. The lowest BCUT2D eigenvalue weighted by Crippen LogP contribution is -2.43. The molecule has 0 aromatic carbocycles. The second-order valence-electron chi connectivity index (χ2n) is 3.93. The Kier molecular flexibility index (Phi) is 3.79. The van der Waals surface area contributed by atoms with Gasteiger partial charge in [-0.25, -0.2) is 16.8 Å². The van der Waals surface area contributed by atoms with Gasteiger partial charge in [-0.05, 0) is 12.1 Å². The number of rotatable bonds is 3. The molecular formula is C9H13NO5S3. The monoisotopic (exact) mass is 311 g/mol. The van der Waals surface area contributed by atoms with E-state index in [1.54, 1.807) is 6.07 Å². The van der Waals surface area contributed by atoms with E-state index in [0.29, 0.717) is 4.88 Å². The molecule has 102 valence electrons. The van der Waals surface area contributed by atoms with Crippen LogP contribution in [0.5, 0.6) is 0 Å². The van der Waals surface area contributed by atoms with E-state index in [4.69, 9.17) is 5.11 Å². The maximum atomic E-state index is 12.2. The number of thiophene rings is 1. The number of sulfone groups is 1. The topological polar surface area (TPSA) is 91.8 Å². The fraction of sp³-hybridized carbons (Fsp3) is 0.556. The van der Waals surface area contributed by atoms with Crippen molar-refractivity contribution < 1.29 is 21.9 Å². The van der Waals surface area contributed by atoms with Crippen LogP contribution in [0.1, 0.15) is 4.88 Å². The molecule has 0 spiro atoms. The summed E-state index contributed by atoms with van der Waals surface area (Å²) < 4.78 is 48.2. The average Bonchev–Trinajstić information content (AvgIpc) is 2.77. The van der Waals surface area contributed by atoms with Crippen LogP contribution in [0, 0.1) is 0 Å². The molecule has 9 heteroatoms. The lowest BCUT2D eigenvalue weighted by molar-refractivity contribution is 0.285. The van der Waals surface area contributed by atoms with Gasteiger partial charge in [0.25, 0.3) is 10.0 Å². The summed E-state index contributed by atoms with van der Waals surface area (Å²) in [6.07, 6.45) is 0. The van der Waals surface area contributed by atoms with Crippen molar-refractivity contribution in [3.8, 4) is 0 Å². The predicted molar refractivity (Wildman–Crippen MR) is 67.7 cm³/mol. The van der Waals surface area contributed by atoms with Crippen molar-refractivity contribution in [2.24, 2.45) is 0 Å². The summed E-state index contributed by atoms with van der Waals surface area (Å²) in [5.41, 5.74) is 0. The molecule has 0 saturated carbocycles. The van der Waals surface area contributed by atoms with E-state index in [1.807, 2.05) is 0 Å². The molecule has 1 N–H and O–H groups in total. The average molecular weight is 311 g/mol. The summed E-state index contributed by atoms with van der Waals surface area (Å²) >= 11 is 1.00. The van der Waals surface area contributed by atoms with Crippen molar-refractivity contribution in [3.05, 3.63) is 17.0 Å². The van der Waals surface area contributed by atoms with Gasteiger partial charge in [-0.2, -0.15) is 4.31 Å². The minimum Gasteiger partial charge on any atom is -0.391 e. The largest absolute Gasteiger partial charge is 0.391 e. The first kappa shape index (κ1) is 13.9. The molecule has 0 bridgehead atoms. The summed E-state index contributed by atoms with van der Waals surface area (Å²) in [6, 6.07) is 2.99. The van der Waals surface area contributed by atoms with Gasteiger partial charge < -0.3 is 5.11 Å². The normalized spacial score (nSPS) is 20.9. The minimum absolute atomic E-state index is 0.00295. The van der Waals surface area contributed by atoms with Crippen molar-refractivity contribution in [1.82, 2.24) is 4.31 Å². The Morgan fingerprint density at radius 2 is 1.89 bits per heavy atom.